The first-order valence-electron chi connectivity index (χ1n) is 7.78. The van der Waals surface area contributed by atoms with E-state index in [0.717, 1.165) is 16.8 Å². The molecule has 6 heteroatoms. The zero-order chi connectivity index (χ0) is 16.1. The number of aliphatic hydroxyl groups is 1. The molecule has 2 heterocycles. The van der Waals surface area contributed by atoms with Gasteiger partial charge in [0.25, 0.3) is 5.56 Å². The molecular formula is C17H18N4O2. The lowest BCUT2D eigenvalue weighted by Crippen LogP contribution is -2.10. The first-order chi connectivity index (χ1) is 11.1. The average molecular weight is 310 g/mol. The van der Waals surface area contributed by atoms with Crippen LogP contribution in [0.3, 0.4) is 0 Å². The second-order valence-electron chi connectivity index (χ2n) is 6.26. The summed E-state index contributed by atoms with van der Waals surface area (Å²) in [4.78, 5) is 18.8. The van der Waals surface area contributed by atoms with Gasteiger partial charge in [0.2, 0.25) is 0 Å². The molecule has 1 saturated carbocycles. The van der Waals surface area contributed by atoms with Gasteiger partial charge in [-0.1, -0.05) is 12.1 Å². The van der Waals surface area contributed by atoms with Crippen LogP contribution in [-0.4, -0.2) is 24.9 Å². The number of fused-ring (bicyclic) bond motifs is 1. The molecular weight excluding hydrogens is 292 g/mol. The summed E-state index contributed by atoms with van der Waals surface area (Å²) in [5.74, 6) is 0.931. The average Bonchev–Trinajstić information content (AvgIpc) is 3.27. The Bertz CT molecular complexity index is 943. The molecule has 1 aliphatic carbocycles. The highest BCUT2D eigenvalue weighted by atomic mass is 16.3. The van der Waals surface area contributed by atoms with Crippen molar-refractivity contribution in [2.24, 2.45) is 0 Å². The van der Waals surface area contributed by atoms with Crippen LogP contribution in [0.1, 0.15) is 41.3 Å². The molecule has 6 nitrogen and oxygen atoms in total. The summed E-state index contributed by atoms with van der Waals surface area (Å²) in [6.45, 7) is 3.82. The maximum Gasteiger partial charge on any atom is 0.262 e. The molecule has 23 heavy (non-hydrogen) atoms. The second-order valence-corrected chi connectivity index (χ2v) is 6.26. The van der Waals surface area contributed by atoms with Gasteiger partial charge in [0.05, 0.1) is 5.69 Å². The molecule has 118 valence electrons. The van der Waals surface area contributed by atoms with Gasteiger partial charge in [0.1, 0.15) is 17.8 Å². The first kappa shape index (κ1) is 14.1. The largest absolute Gasteiger partial charge is 0.388 e. The molecule has 0 aliphatic heterocycles. The fourth-order valence-corrected chi connectivity index (χ4v) is 3.15. The Morgan fingerprint density at radius 1 is 1.30 bits per heavy atom. The van der Waals surface area contributed by atoms with Gasteiger partial charge in [0.15, 0.2) is 5.65 Å². The number of aromatic nitrogens is 4. The van der Waals surface area contributed by atoms with E-state index >= 15 is 0 Å². The van der Waals surface area contributed by atoms with Gasteiger partial charge >= 0.3 is 0 Å². The fraction of sp³-hybridized carbons (Fsp3) is 0.353. The Morgan fingerprint density at radius 3 is 2.61 bits per heavy atom. The van der Waals surface area contributed by atoms with Crippen molar-refractivity contribution in [2.45, 2.75) is 39.2 Å². The van der Waals surface area contributed by atoms with Gasteiger partial charge in [-0.25, -0.2) is 9.67 Å². The number of H-pyrrole nitrogens is 1. The van der Waals surface area contributed by atoms with Crippen LogP contribution in [-0.2, 0) is 6.61 Å². The van der Waals surface area contributed by atoms with Crippen LogP contribution in [0.25, 0.3) is 16.7 Å². The van der Waals surface area contributed by atoms with E-state index in [1.165, 1.54) is 18.4 Å². The van der Waals surface area contributed by atoms with E-state index in [-0.39, 0.29) is 18.0 Å². The summed E-state index contributed by atoms with van der Waals surface area (Å²) in [6.07, 6.45) is 4.24. The molecule has 1 aliphatic rings. The summed E-state index contributed by atoms with van der Waals surface area (Å²) >= 11 is 0. The Morgan fingerprint density at radius 2 is 2.00 bits per heavy atom. The highest BCUT2D eigenvalue weighted by Gasteiger charge is 2.25. The number of benzene rings is 1. The van der Waals surface area contributed by atoms with E-state index in [0.29, 0.717) is 17.0 Å². The van der Waals surface area contributed by atoms with E-state index in [2.05, 4.69) is 41.0 Å². The van der Waals surface area contributed by atoms with Crippen molar-refractivity contribution in [3.63, 3.8) is 0 Å². The Balaban J connectivity index is 1.89. The van der Waals surface area contributed by atoms with Gasteiger partial charge in [-0.05, 0) is 49.3 Å². The van der Waals surface area contributed by atoms with Crippen molar-refractivity contribution in [1.82, 2.24) is 19.7 Å². The fourth-order valence-electron chi connectivity index (χ4n) is 3.15. The molecule has 4 rings (SSSR count). The normalized spacial score (nSPS) is 14.6. The summed E-state index contributed by atoms with van der Waals surface area (Å²) in [5, 5.41) is 14.0. The van der Waals surface area contributed by atoms with E-state index in [1.807, 2.05) is 0 Å². The predicted octanol–water partition coefficient (Wildman–Crippen LogP) is 2.10. The lowest BCUT2D eigenvalue weighted by molar-refractivity contribution is 0.271. The molecule has 1 fully saturated rings. The number of hydrogen-bond acceptors (Lipinski definition) is 4. The highest BCUT2D eigenvalue weighted by molar-refractivity contribution is 5.73. The highest BCUT2D eigenvalue weighted by Crippen LogP contribution is 2.41. The number of aryl methyl sites for hydroxylation is 2. The second kappa shape index (κ2) is 5.03. The molecule has 0 atom stereocenters. The van der Waals surface area contributed by atoms with Crippen LogP contribution in [0.5, 0.6) is 0 Å². The van der Waals surface area contributed by atoms with E-state index in [1.54, 1.807) is 10.9 Å². The molecule has 0 amide bonds. The Labute approximate surface area is 132 Å². The third-order valence-corrected chi connectivity index (χ3v) is 4.38. The SMILES string of the molecule is Cc1cc(C2CC2)cc(C)c1-n1cc2c(=O)[nH]c(CO)nc2n1. The number of nitrogens with one attached hydrogen (secondary N) is 1. The Hall–Kier alpha value is -2.47. The maximum absolute atomic E-state index is 12.1. The molecule has 0 unspecified atom stereocenters. The van der Waals surface area contributed by atoms with E-state index in [9.17, 15) is 4.79 Å². The number of aliphatic hydroxyl groups excluding tert-OH is 1. The molecule has 0 spiro atoms. The zero-order valence-corrected chi connectivity index (χ0v) is 13.1. The zero-order valence-electron chi connectivity index (χ0n) is 13.1. The van der Waals surface area contributed by atoms with Crippen LogP contribution in [0.2, 0.25) is 0 Å². The number of rotatable bonds is 3. The van der Waals surface area contributed by atoms with Crippen LogP contribution in [0, 0.1) is 13.8 Å². The molecule has 0 saturated heterocycles. The van der Waals surface area contributed by atoms with Crippen molar-refractivity contribution >= 4 is 11.0 Å². The van der Waals surface area contributed by atoms with Crippen LogP contribution in [0.15, 0.2) is 23.1 Å². The van der Waals surface area contributed by atoms with Crippen molar-refractivity contribution in [3.8, 4) is 5.69 Å². The lowest BCUT2D eigenvalue weighted by Gasteiger charge is -2.12. The summed E-state index contributed by atoms with van der Waals surface area (Å²) in [5.41, 5.74) is 4.71. The van der Waals surface area contributed by atoms with Crippen molar-refractivity contribution in [2.75, 3.05) is 0 Å². The van der Waals surface area contributed by atoms with E-state index in [4.69, 9.17) is 5.11 Å². The predicted molar refractivity (Wildman–Crippen MR) is 86.9 cm³/mol. The molecule has 0 radical (unpaired) electrons. The summed E-state index contributed by atoms with van der Waals surface area (Å²) in [6, 6.07) is 4.42. The van der Waals surface area contributed by atoms with Crippen LogP contribution >= 0.6 is 0 Å². The molecule has 2 N–H and O–H groups in total. The number of hydrogen-bond donors (Lipinski definition) is 2. The van der Waals surface area contributed by atoms with Crippen molar-refractivity contribution in [3.05, 3.63) is 51.2 Å². The van der Waals surface area contributed by atoms with Gasteiger partial charge in [-0.3, -0.25) is 4.79 Å². The van der Waals surface area contributed by atoms with Crippen molar-refractivity contribution in [1.29, 1.82) is 0 Å². The molecule has 0 bridgehead atoms. The Kier molecular flexibility index (Phi) is 3.09. The number of aromatic amines is 1. The topological polar surface area (TPSA) is 83.8 Å². The van der Waals surface area contributed by atoms with Gasteiger partial charge in [-0.2, -0.15) is 0 Å². The summed E-state index contributed by atoms with van der Waals surface area (Å²) < 4.78 is 1.72. The van der Waals surface area contributed by atoms with Gasteiger partial charge in [-0.15, -0.1) is 5.10 Å². The molecule has 1 aromatic carbocycles. The molecule has 2 aromatic heterocycles. The quantitative estimate of drug-likeness (QED) is 0.776. The number of nitrogens with zero attached hydrogens (tertiary/aromatic N) is 3. The first-order valence-corrected chi connectivity index (χ1v) is 7.78. The van der Waals surface area contributed by atoms with Crippen molar-refractivity contribution < 1.29 is 5.11 Å². The third kappa shape index (κ3) is 2.35. The monoisotopic (exact) mass is 310 g/mol. The van der Waals surface area contributed by atoms with Crippen LogP contribution < -0.4 is 5.56 Å². The minimum atomic E-state index is -0.313. The standard InChI is InChI=1S/C17H18N4O2/c1-9-5-12(11-3-4-11)6-10(2)15(9)21-7-13-16(20-21)18-14(8-22)19-17(13)23/h5-7,11,22H,3-4,8H2,1-2H3,(H,18,19,20,23). The summed E-state index contributed by atoms with van der Waals surface area (Å²) in [7, 11) is 0. The lowest BCUT2D eigenvalue weighted by atomic mass is 10.0. The maximum atomic E-state index is 12.1. The van der Waals surface area contributed by atoms with Gasteiger partial charge in [0, 0.05) is 6.20 Å². The van der Waals surface area contributed by atoms with Gasteiger partial charge < -0.3 is 10.1 Å². The molecule has 3 aromatic rings. The minimum Gasteiger partial charge on any atom is -0.388 e. The smallest absolute Gasteiger partial charge is 0.262 e. The van der Waals surface area contributed by atoms with E-state index < -0.39 is 0 Å². The minimum absolute atomic E-state index is 0.227. The third-order valence-electron chi connectivity index (χ3n) is 4.38. The van der Waals surface area contributed by atoms with Crippen LogP contribution in [0.4, 0.5) is 0 Å².